The maximum Gasteiger partial charge on any atom is 0.416 e. The standard InChI is InChI=1S/C25H23F3N2O3/c1-3-17-7-4-6-16(2)23(17)30-24(32)18-10-12-21(13-11-18)33-15-22(31)29-20-9-5-8-19(14-20)25(26,27)28/h4-14H,3,15H2,1-2H3,(H,29,31)(H,30,32). The van der Waals surface area contributed by atoms with Crippen LogP contribution in [0.3, 0.4) is 0 Å². The molecule has 3 rings (SSSR count). The second kappa shape index (κ2) is 10.2. The third kappa shape index (κ3) is 6.35. The Bertz CT molecular complexity index is 1140. The minimum atomic E-state index is -4.50. The van der Waals surface area contributed by atoms with Gasteiger partial charge in [-0.15, -0.1) is 0 Å². The number of halogens is 3. The zero-order valence-electron chi connectivity index (χ0n) is 18.1. The molecular formula is C25H23F3N2O3. The Morgan fingerprint density at radius 1 is 0.939 bits per heavy atom. The summed E-state index contributed by atoms with van der Waals surface area (Å²) in [6.45, 7) is 3.54. The van der Waals surface area contributed by atoms with Gasteiger partial charge < -0.3 is 15.4 Å². The first-order valence-corrected chi connectivity index (χ1v) is 10.3. The first kappa shape index (κ1) is 23.8. The zero-order chi connectivity index (χ0) is 24.0. The summed E-state index contributed by atoms with van der Waals surface area (Å²) in [5.41, 5.74) is 2.38. The Morgan fingerprint density at radius 3 is 2.30 bits per heavy atom. The van der Waals surface area contributed by atoms with Crippen molar-refractivity contribution < 1.29 is 27.5 Å². The van der Waals surface area contributed by atoms with E-state index in [4.69, 9.17) is 4.74 Å². The molecule has 2 amide bonds. The van der Waals surface area contributed by atoms with E-state index in [1.165, 1.54) is 12.1 Å². The summed E-state index contributed by atoms with van der Waals surface area (Å²) < 4.78 is 43.7. The largest absolute Gasteiger partial charge is 0.484 e. The van der Waals surface area contributed by atoms with Gasteiger partial charge in [-0.1, -0.05) is 31.2 Å². The van der Waals surface area contributed by atoms with E-state index in [0.717, 1.165) is 35.4 Å². The van der Waals surface area contributed by atoms with Crippen LogP contribution in [0.4, 0.5) is 24.5 Å². The molecule has 0 saturated heterocycles. The lowest BCUT2D eigenvalue weighted by Crippen LogP contribution is -2.20. The summed E-state index contributed by atoms with van der Waals surface area (Å²) in [5.74, 6) is -0.536. The molecule has 0 atom stereocenters. The van der Waals surface area contributed by atoms with E-state index in [1.807, 2.05) is 32.0 Å². The van der Waals surface area contributed by atoms with Gasteiger partial charge in [0.25, 0.3) is 11.8 Å². The first-order chi connectivity index (χ1) is 15.7. The Morgan fingerprint density at radius 2 is 1.64 bits per heavy atom. The molecule has 2 N–H and O–H groups in total. The van der Waals surface area contributed by atoms with E-state index in [2.05, 4.69) is 10.6 Å². The van der Waals surface area contributed by atoms with Crippen molar-refractivity contribution in [2.75, 3.05) is 17.2 Å². The summed E-state index contributed by atoms with van der Waals surface area (Å²) in [4.78, 5) is 24.7. The molecule has 0 aliphatic heterocycles. The van der Waals surface area contributed by atoms with Gasteiger partial charge >= 0.3 is 6.18 Å². The van der Waals surface area contributed by atoms with E-state index in [1.54, 1.807) is 24.3 Å². The fourth-order valence-electron chi connectivity index (χ4n) is 3.21. The lowest BCUT2D eigenvalue weighted by Gasteiger charge is -2.13. The molecule has 5 nitrogen and oxygen atoms in total. The number of anilines is 2. The molecule has 33 heavy (non-hydrogen) atoms. The van der Waals surface area contributed by atoms with Crippen LogP contribution in [-0.4, -0.2) is 18.4 Å². The summed E-state index contributed by atoms with van der Waals surface area (Å²) in [6.07, 6.45) is -3.71. The predicted octanol–water partition coefficient (Wildman–Crippen LogP) is 5.85. The van der Waals surface area contributed by atoms with E-state index in [-0.39, 0.29) is 11.6 Å². The Kier molecular flexibility index (Phi) is 7.37. The normalized spacial score (nSPS) is 11.1. The van der Waals surface area contributed by atoms with Crippen molar-refractivity contribution in [3.63, 3.8) is 0 Å². The van der Waals surface area contributed by atoms with Crippen molar-refractivity contribution in [3.8, 4) is 5.75 Å². The second-order valence-corrected chi connectivity index (χ2v) is 7.36. The van der Waals surface area contributed by atoms with Crippen molar-refractivity contribution in [2.45, 2.75) is 26.4 Å². The zero-order valence-corrected chi connectivity index (χ0v) is 18.1. The minimum absolute atomic E-state index is 0.0214. The van der Waals surface area contributed by atoms with Gasteiger partial charge in [0.1, 0.15) is 5.75 Å². The highest BCUT2D eigenvalue weighted by Crippen LogP contribution is 2.30. The molecule has 0 radical (unpaired) electrons. The minimum Gasteiger partial charge on any atom is -0.484 e. The Hall–Kier alpha value is -3.81. The third-order valence-corrected chi connectivity index (χ3v) is 4.94. The third-order valence-electron chi connectivity index (χ3n) is 4.94. The average molecular weight is 456 g/mol. The van der Waals surface area contributed by atoms with Gasteiger partial charge in [0.2, 0.25) is 0 Å². The number of hydrogen-bond donors (Lipinski definition) is 2. The van der Waals surface area contributed by atoms with Crippen molar-refractivity contribution in [1.29, 1.82) is 0 Å². The van der Waals surface area contributed by atoms with Crippen LogP contribution in [-0.2, 0) is 17.4 Å². The lowest BCUT2D eigenvalue weighted by atomic mass is 10.1. The molecular weight excluding hydrogens is 433 g/mol. The number of aryl methyl sites for hydroxylation is 2. The van der Waals surface area contributed by atoms with Crippen molar-refractivity contribution in [3.05, 3.63) is 89.0 Å². The molecule has 0 heterocycles. The predicted molar refractivity (Wildman–Crippen MR) is 121 cm³/mol. The number of benzene rings is 3. The first-order valence-electron chi connectivity index (χ1n) is 10.3. The Labute approximate surface area is 189 Å². The topological polar surface area (TPSA) is 67.4 Å². The summed E-state index contributed by atoms with van der Waals surface area (Å²) in [6, 6.07) is 16.4. The number of rotatable bonds is 7. The van der Waals surface area contributed by atoms with E-state index in [9.17, 15) is 22.8 Å². The van der Waals surface area contributed by atoms with Gasteiger partial charge in [0, 0.05) is 16.9 Å². The number of carbonyl (C=O) groups excluding carboxylic acids is 2. The maximum atomic E-state index is 12.8. The average Bonchev–Trinajstić information content (AvgIpc) is 2.79. The van der Waals surface area contributed by atoms with Crippen LogP contribution >= 0.6 is 0 Å². The molecule has 172 valence electrons. The van der Waals surface area contributed by atoms with Crippen molar-refractivity contribution in [2.24, 2.45) is 0 Å². The summed E-state index contributed by atoms with van der Waals surface area (Å²) in [5, 5.41) is 5.30. The van der Waals surface area contributed by atoms with Gasteiger partial charge in [-0.2, -0.15) is 13.2 Å². The second-order valence-electron chi connectivity index (χ2n) is 7.36. The molecule has 0 aromatic heterocycles. The van der Waals surface area contributed by atoms with Gasteiger partial charge in [0.15, 0.2) is 6.61 Å². The van der Waals surface area contributed by atoms with Crippen LogP contribution in [0.15, 0.2) is 66.7 Å². The molecule has 3 aromatic carbocycles. The molecule has 8 heteroatoms. The molecule has 0 bridgehead atoms. The number of carbonyl (C=O) groups is 2. The van der Waals surface area contributed by atoms with Gasteiger partial charge in [0.05, 0.1) is 5.56 Å². The fourth-order valence-corrected chi connectivity index (χ4v) is 3.21. The summed E-state index contributed by atoms with van der Waals surface area (Å²) in [7, 11) is 0. The highest BCUT2D eigenvalue weighted by molar-refractivity contribution is 6.05. The smallest absolute Gasteiger partial charge is 0.416 e. The summed E-state index contributed by atoms with van der Waals surface area (Å²) >= 11 is 0. The van der Waals surface area contributed by atoms with Crippen LogP contribution in [0, 0.1) is 6.92 Å². The molecule has 0 spiro atoms. The molecule has 0 unspecified atom stereocenters. The molecule has 0 aliphatic rings. The fraction of sp³-hybridized carbons (Fsp3) is 0.200. The monoisotopic (exact) mass is 456 g/mol. The number of nitrogens with one attached hydrogen (secondary N) is 2. The van der Waals surface area contributed by atoms with Crippen molar-refractivity contribution in [1.82, 2.24) is 0 Å². The lowest BCUT2D eigenvalue weighted by molar-refractivity contribution is -0.137. The number of alkyl halides is 3. The van der Waals surface area contributed by atoms with Crippen LogP contribution in [0.5, 0.6) is 5.75 Å². The van der Waals surface area contributed by atoms with Gasteiger partial charge in [-0.05, 0) is 66.9 Å². The van der Waals surface area contributed by atoms with E-state index in [0.29, 0.717) is 11.3 Å². The number of para-hydroxylation sites is 1. The quantitative estimate of drug-likeness (QED) is 0.469. The number of hydrogen-bond acceptors (Lipinski definition) is 3. The van der Waals surface area contributed by atoms with Gasteiger partial charge in [-0.25, -0.2) is 0 Å². The van der Waals surface area contributed by atoms with Crippen LogP contribution in [0.2, 0.25) is 0 Å². The van der Waals surface area contributed by atoms with E-state index < -0.39 is 24.3 Å². The molecule has 0 saturated carbocycles. The highest BCUT2D eigenvalue weighted by atomic mass is 19.4. The highest BCUT2D eigenvalue weighted by Gasteiger charge is 2.30. The van der Waals surface area contributed by atoms with Crippen molar-refractivity contribution >= 4 is 23.2 Å². The number of amides is 2. The Balaban J connectivity index is 1.57. The molecule has 0 aliphatic carbocycles. The van der Waals surface area contributed by atoms with Gasteiger partial charge in [-0.3, -0.25) is 9.59 Å². The number of ether oxygens (including phenoxy) is 1. The maximum absolute atomic E-state index is 12.8. The molecule has 0 fully saturated rings. The van der Waals surface area contributed by atoms with Crippen LogP contribution in [0.25, 0.3) is 0 Å². The van der Waals surface area contributed by atoms with Crippen LogP contribution < -0.4 is 15.4 Å². The SMILES string of the molecule is CCc1cccc(C)c1NC(=O)c1ccc(OCC(=O)Nc2cccc(C(F)(F)F)c2)cc1. The van der Waals surface area contributed by atoms with E-state index >= 15 is 0 Å². The molecule has 3 aromatic rings. The van der Waals surface area contributed by atoms with Crippen LogP contribution in [0.1, 0.15) is 34.0 Å².